The Labute approximate surface area is 176 Å². The molecule has 1 aromatic carbocycles. The molecule has 3 heterocycles. The molecule has 3 aromatic rings. The van der Waals surface area contributed by atoms with Crippen LogP contribution in [0.5, 0.6) is 0 Å². The van der Waals surface area contributed by atoms with Crippen LogP contribution in [0.15, 0.2) is 49.3 Å². The highest BCUT2D eigenvalue weighted by molar-refractivity contribution is 5.93. The Morgan fingerprint density at radius 3 is 2.77 bits per heavy atom. The summed E-state index contributed by atoms with van der Waals surface area (Å²) in [6.45, 7) is 3.69. The van der Waals surface area contributed by atoms with Gasteiger partial charge in [0, 0.05) is 24.8 Å². The highest BCUT2D eigenvalue weighted by atomic mass is 16.1. The Balaban J connectivity index is 1.39. The number of amides is 1. The van der Waals surface area contributed by atoms with Crippen LogP contribution < -0.4 is 10.2 Å². The van der Waals surface area contributed by atoms with Gasteiger partial charge in [0.15, 0.2) is 5.82 Å². The van der Waals surface area contributed by atoms with Gasteiger partial charge in [0.1, 0.15) is 24.8 Å². The van der Waals surface area contributed by atoms with Crippen molar-refractivity contribution in [1.29, 1.82) is 0 Å². The summed E-state index contributed by atoms with van der Waals surface area (Å²) in [6, 6.07) is 10.1. The van der Waals surface area contributed by atoms with Crippen molar-refractivity contribution in [3.63, 3.8) is 0 Å². The quantitative estimate of drug-likeness (QED) is 0.649. The van der Waals surface area contributed by atoms with Gasteiger partial charge in [-0.3, -0.25) is 4.79 Å². The standard InChI is InChI=1S/C22H27N7O/c1-2-3-5-17-7-9-19(10-8-17)27-22(30)18-6-4-11-28(13-18)20-12-21(25-15-24-20)29-16-23-14-26-29/h7-10,12,14-16,18H,2-6,11,13H2,1H3,(H,27,30). The second-order valence-electron chi connectivity index (χ2n) is 7.65. The van der Waals surface area contributed by atoms with Gasteiger partial charge in [-0.15, -0.1) is 0 Å². The summed E-state index contributed by atoms with van der Waals surface area (Å²) in [5.41, 5.74) is 2.17. The number of nitrogens with zero attached hydrogens (tertiary/aromatic N) is 6. The average molecular weight is 406 g/mol. The van der Waals surface area contributed by atoms with Crippen LogP contribution in [-0.2, 0) is 11.2 Å². The normalized spacial score (nSPS) is 16.4. The van der Waals surface area contributed by atoms with Gasteiger partial charge < -0.3 is 10.2 Å². The van der Waals surface area contributed by atoms with Crippen LogP contribution in [0, 0.1) is 5.92 Å². The van der Waals surface area contributed by atoms with E-state index in [1.165, 1.54) is 31.1 Å². The SMILES string of the molecule is CCCCc1ccc(NC(=O)C2CCCN(c3cc(-n4cncn4)ncn3)C2)cc1. The van der Waals surface area contributed by atoms with Gasteiger partial charge in [0.2, 0.25) is 5.91 Å². The summed E-state index contributed by atoms with van der Waals surface area (Å²) >= 11 is 0. The summed E-state index contributed by atoms with van der Waals surface area (Å²) in [7, 11) is 0. The first-order valence-electron chi connectivity index (χ1n) is 10.5. The molecule has 0 aliphatic carbocycles. The number of piperidine rings is 1. The van der Waals surface area contributed by atoms with E-state index in [4.69, 9.17) is 0 Å². The lowest BCUT2D eigenvalue weighted by atomic mass is 9.97. The van der Waals surface area contributed by atoms with Crippen LogP contribution >= 0.6 is 0 Å². The van der Waals surface area contributed by atoms with Crippen molar-refractivity contribution in [2.24, 2.45) is 5.92 Å². The lowest BCUT2D eigenvalue weighted by molar-refractivity contribution is -0.120. The Kier molecular flexibility index (Phi) is 6.32. The van der Waals surface area contributed by atoms with Crippen LogP contribution in [-0.4, -0.2) is 43.7 Å². The summed E-state index contributed by atoms with van der Waals surface area (Å²) in [5, 5.41) is 7.20. The molecule has 2 aromatic heterocycles. The molecule has 156 valence electrons. The number of aryl methyl sites for hydroxylation is 1. The van der Waals surface area contributed by atoms with Crippen LogP contribution in [0.1, 0.15) is 38.2 Å². The fourth-order valence-electron chi connectivity index (χ4n) is 3.74. The average Bonchev–Trinajstić information content (AvgIpc) is 3.34. The minimum Gasteiger partial charge on any atom is -0.356 e. The number of hydrogen-bond donors (Lipinski definition) is 1. The van der Waals surface area contributed by atoms with Gasteiger partial charge in [-0.25, -0.2) is 19.6 Å². The molecule has 30 heavy (non-hydrogen) atoms. The van der Waals surface area contributed by atoms with Gasteiger partial charge in [0.25, 0.3) is 0 Å². The predicted octanol–water partition coefficient (Wildman–Crippen LogP) is 3.26. The molecule has 0 saturated carbocycles. The van der Waals surface area contributed by atoms with Gasteiger partial charge in [0.05, 0.1) is 5.92 Å². The van der Waals surface area contributed by atoms with Crippen LogP contribution in [0.4, 0.5) is 11.5 Å². The molecule has 8 heteroatoms. The maximum atomic E-state index is 12.9. The number of rotatable bonds is 7. The molecule has 1 aliphatic rings. The third-order valence-corrected chi connectivity index (χ3v) is 5.45. The van der Waals surface area contributed by atoms with E-state index in [9.17, 15) is 4.79 Å². The predicted molar refractivity (Wildman–Crippen MR) is 116 cm³/mol. The Morgan fingerprint density at radius 1 is 1.17 bits per heavy atom. The third-order valence-electron chi connectivity index (χ3n) is 5.45. The second-order valence-corrected chi connectivity index (χ2v) is 7.65. The van der Waals surface area contributed by atoms with Crippen LogP contribution in [0.3, 0.4) is 0 Å². The zero-order valence-corrected chi connectivity index (χ0v) is 17.2. The largest absolute Gasteiger partial charge is 0.356 e. The second kappa shape index (κ2) is 9.47. The third kappa shape index (κ3) is 4.82. The number of carbonyl (C=O) groups is 1. The first-order chi connectivity index (χ1) is 14.7. The Hall–Kier alpha value is -3.29. The first kappa shape index (κ1) is 20.0. The number of hydrogen-bond acceptors (Lipinski definition) is 6. The molecule has 0 bridgehead atoms. The number of carbonyl (C=O) groups excluding carboxylic acids is 1. The zero-order chi connectivity index (χ0) is 20.8. The van der Waals surface area contributed by atoms with E-state index in [-0.39, 0.29) is 11.8 Å². The van der Waals surface area contributed by atoms with E-state index < -0.39 is 0 Å². The molecule has 1 atom stereocenters. The minimum absolute atomic E-state index is 0.0616. The fraction of sp³-hybridized carbons (Fsp3) is 0.409. The number of anilines is 2. The number of benzene rings is 1. The van der Waals surface area contributed by atoms with Crippen LogP contribution in [0.25, 0.3) is 5.82 Å². The topological polar surface area (TPSA) is 88.8 Å². The molecular formula is C22H27N7O. The van der Waals surface area contributed by atoms with Gasteiger partial charge in [-0.1, -0.05) is 25.5 Å². The molecule has 1 amide bonds. The van der Waals surface area contributed by atoms with Gasteiger partial charge >= 0.3 is 0 Å². The molecule has 1 saturated heterocycles. The highest BCUT2D eigenvalue weighted by Gasteiger charge is 2.27. The van der Waals surface area contributed by atoms with Gasteiger partial charge in [-0.2, -0.15) is 5.10 Å². The van der Waals surface area contributed by atoms with Crippen molar-refractivity contribution in [2.45, 2.75) is 39.0 Å². The van der Waals surface area contributed by atoms with Crippen molar-refractivity contribution < 1.29 is 4.79 Å². The molecule has 0 spiro atoms. The molecule has 1 unspecified atom stereocenters. The van der Waals surface area contributed by atoms with Crippen molar-refractivity contribution in [3.05, 3.63) is 54.9 Å². The highest BCUT2D eigenvalue weighted by Crippen LogP contribution is 2.24. The number of aromatic nitrogens is 5. The van der Waals surface area contributed by atoms with Crippen molar-refractivity contribution in [2.75, 3.05) is 23.3 Å². The van der Waals surface area contributed by atoms with E-state index in [0.717, 1.165) is 37.3 Å². The van der Waals surface area contributed by atoms with Crippen molar-refractivity contribution >= 4 is 17.4 Å². The molecule has 1 fully saturated rings. The molecular weight excluding hydrogens is 378 g/mol. The first-order valence-corrected chi connectivity index (χ1v) is 10.5. The number of nitrogens with one attached hydrogen (secondary N) is 1. The maximum Gasteiger partial charge on any atom is 0.229 e. The van der Waals surface area contributed by atoms with Crippen molar-refractivity contribution in [1.82, 2.24) is 24.7 Å². The Morgan fingerprint density at radius 2 is 2.00 bits per heavy atom. The smallest absolute Gasteiger partial charge is 0.229 e. The maximum absolute atomic E-state index is 12.9. The van der Waals surface area contributed by atoms with Crippen LogP contribution in [0.2, 0.25) is 0 Å². The zero-order valence-electron chi connectivity index (χ0n) is 17.2. The summed E-state index contributed by atoms with van der Waals surface area (Å²) in [5.74, 6) is 1.44. The molecule has 4 rings (SSSR count). The summed E-state index contributed by atoms with van der Waals surface area (Å²) in [6.07, 6.45) is 9.86. The Bertz CT molecular complexity index is 956. The van der Waals surface area contributed by atoms with E-state index in [0.29, 0.717) is 12.4 Å². The summed E-state index contributed by atoms with van der Waals surface area (Å²) in [4.78, 5) is 27.6. The molecule has 0 radical (unpaired) electrons. The van der Waals surface area contributed by atoms with E-state index in [2.05, 4.69) is 49.3 Å². The van der Waals surface area contributed by atoms with E-state index in [1.807, 2.05) is 18.2 Å². The van der Waals surface area contributed by atoms with E-state index in [1.54, 1.807) is 11.0 Å². The fourth-order valence-corrected chi connectivity index (χ4v) is 3.74. The lowest BCUT2D eigenvalue weighted by Gasteiger charge is -2.32. The minimum atomic E-state index is -0.0803. The summed E-state index contributed by atoms with van der Waals surface area (Å²) < 4.78 is 1.60. The molecule has 1 aliphatic heterocycles. The molecule has 1 N–H and O–H groups in total. The van der Waals surface area contributed by atoms with E-state index >= 15 is 0 Å². The molecule has 8 nitrogen and oxygen atoms in total. The number of unbranched alkanes of at least 4 members (excludes halogenated alkanes) is 1. The lowest BCUT2D eigenvalue weighted by Crippen LogP contribution is -2.41. The van der Waals surface area contributed by atoms with Gasteiger partial charge in [-0.05, 0) is 43.4 Å². The monoisotopic (exact) mass is 405 g/mol. The van der Waals surface area contributed by atoms with Crippen molar-refractivity contribution in [3.8, 4) is 5.82 Å².